The lowest BCUT2D eigenvalue weighted by molar-refractivity contribution is 0.0554. The van der Waals surface area contributed by atoms with Gasteiger partial charge in [-0.15, -0.1) is 0 Å². The summed E-state index contributed by atoms with van der Waals surface area (Å²) in [6.07, 6.45) is 5.46. The van der Waals surface area contributed by atoms with E-state index in [0.717, 1.165) is 44.2 Å². The van der Waals surface area contributed by atoms with Gasteiger partial charge in [-0.3, -0.25) is 14.4 Å². The van der Waals surface area contributed by atoms with Crippen LogP contribution in [0.4, 0.5) is 8.78 Å². The van der Waals surface area contributed by atoms with Gasteiger partial charge >= 0.3 is 0 Å². The number of carbonyl (C=O) groups excluding carboxylic acids is 1. The number of hydrogen-bond acceptors (Lipinski definition) is 4. The molecule has 0 N–H and O–H groups in total. The molecule has 2 aromatic heterocycles. The molecule has 0 spiro atoms. The molecule has 4 rings (SSSR count). The lowest BCUT2D eigenvalue weighted by atomic mass is 9.84. The van der Waals surface area contributed by atoms with Crippen LogP contribution < -0.4 is 0 Å². The Morgan fingerprint density at radius 2 is 2.00 bits per heavy atom. The van der Waals surface area contributed by atoms with Gasteiger partial charge in [-0.2, -0.15) is 5.10 Å². The fourth-order valence-corrected chi connectivity index (χ4v) is 4.69. The van der Waals surface area contributed by atoms with Gasteiger partial charge in [0, 0.05) is 44.0 Å². The Morgan fingerprint density at radius 1 is 1.24 bits per heavy atom. The molecule has 6 nitrogen and oxygen atoms in total. The molecule has 0 bridgehead atoms. The van der Waals surface area contributed by atoms with Crippen molar-refractivity contribution in [1.82, 2.24) is 19.6 Å². The quantitative estimate of drug-likeness (QED) is 0.535. The van der Waals surface area contributed by atoms with Crippen LogP contribution in [0.3, 0.4) is 0 Å². The zero-order valence-electron chi connectivity index (χ0n) is 19.3. The SMILES string of the molecule is Cc1c(CN2CCC(C(Cc3ccc(F)cc3F)N(C)C(=O)c3ccco3)CC2)cnn1C. The standard InChI is InChI=1S/C25H30F2N4O2/c1-17-20(15-28-30(17)3)16-31-10-8-18(9-11-31)23(13-19-6-7-21(26)14-22(19)27)29(2)25(32)24-5-4-12-33-24/h4-7,12,14-15,18,23H,8-11,13,16H2,1-3H3. The van der Waals surface area contributed by atoms with E-state index >= 15 is 0 Å². The summed E-state index contributed by atoms with van der Waals surface area (Å²) in [7, 11) is 3.68. The second kappa shape index (κ2) is 9.87. The molecule has 1 unspecified atom stereocenters. The van der Waals surface area contributed by atoms with Crippen LogP contribution in [0.1, 0.15) is 40.2 Å². The Morgan fingerprint density at radius 3 is 2.61 bits per heavy atom. The van der Waals surface area contributed by atoms with Crippen LogP contribution in [0.5, 0.6) is 0 Å². The first kappa shape index (κ1) is 23.2. The number of aromatic nitrogens is 2. The topological polar surface area (TPSA) is 54.5 Å². The van der Waals surface area contributed by atoms with Gasteiger partial charge in [0.25, 0.3) is 5.91 Å². The van der Waals surface area contributed by atoms with E-state index in [-0.39, 0.29) is 23.6 Å². The molecule has 176 valence electrons. The van der Waals surface area contributed by atoms with E-state index in [1.54, 1.807) is 24.1 Å². The predicted molar refractivity (Wildman–Crippen MR) is 121 cm³/mol. The highest BCUT2D eigenvalue weighted by molar-refractivity contribution is 5.91. The van der Waals surface area contributed by atoms with E-state index in [0.29, 0.717) is 12.0 Å². The first-order valence-corrected chi connectivity index (χ1v) is 11.3. The van der Waals surface area contributed by atoms with Crippen molar-refractivity contribution >= 4 is 5.91 Å². The predicted octanol–water partition coefficient (Wildman–Crippen LogP) is 4.20. The molecule has 3 heterocycles. The van der Waals surface area contributed by atoms with Crippen molar-refractivity contribution in [1.29, 1.82) is 0 Å². The molecule has 8 heteroatoms. The Labute approximate surface area is 192 Å². The fraction of sp³-hybridized carbons (Fsp3) is 0.440. The number of nitrogens with zero attached hydrogens (tertiary/aromatic N) is 4. The third kappa shape index (κ3) is 5.16. The van der Waals surface area contributed by atoms with Gasteiger partial charge in [0.05, 0.1) is 12.5 Å². The number of rotatable bonds is 7. The third-order valence-electron chi connectivity index (χ3n) is 6.90. The van der Waals surface area contributed by atoms with Crippen molar-refractivity contribution in [2.24, 2.45) is 13.0 Å². The molecule has 1 aromatic carbocycles. The lowest BCUT2D eigenvalue weighted by Crippen LogP contribution is -2.47. The zero-order valence-corrected chi connectivity index (χ0v) is 19.3. The summed E-state index contributed by atoms with van der Waals surface area (Å²) in [4.78, 5) is 17.1. The Hall–Kier alpha value is -3.00. The Kier molecular flexibility index (Phi) is 6.93. The maximum Gasteiger partial charge on any atom is 0.289 e. The summed E-state index contributed by atoms with van der Waals surface area (Å²) < 4.78 is 35.1. The van der Waals surface area contributed by atoms with E-state index in [1.807, 2.05) is 17.9 Å². The second-order valence-corrected chi connectivity index (χ2v) is 8.89. The molecule has 33 heavy (non-hydrogen) atoms. The summed E-state index contributed by atoms with van der Waals surface area (Å²) in [5.74, 6) is -0.979. The minimum atomic E-state index is -0.605. The van der Waals surface area contributed by atoms with Gasteiger partial charge in [-0.05, 0) is 69.0 Å². The number of benzene rings is 1. The first-order valence-electron chi connectivity index (χ1n) is 11.3. The zero-order chi connectivity index (χ0) is 23.5. The van der Waals surface area contributed by atoms with Crippen molar-refractivity contribution in [3.8, 4) is 0 Å². The average Bonchev–Trinajstić information content (AvgIpc) is 3.45. The smallest absolute Gasteiger partial charge is 0.289 e. The van der Waals surface area contributed by atoms with Crippen LogP contribution >= 0.6 is 0 Å². The number of halogens is 2. The largest absolute Gasteiger partial charge is 0.459 e. The number of carbonyl (C=O) groups is 1. The minimum absolute atomic E-state index is 0.185. The minimum Gasteiger partial charge on any atom is -0.459 e. The van der Waals surface area contributed by atoms with Gasteiger partial charge in [0.1, 0.15) is 11.6 Å². The van der Waals surface area contributed by atoms with Crippen molar-refractivity contribution in [2.75, 3.05) is 20.1 Å². The average molecular weight is 457 g/mol. The highest BCUT2D eigenvalue weighted by Gasteiger charge is 2.33. The molecule has 1 saturated heterocycles. The van der Waals surface area contributed by atoms with Crippen LogP contribution in [-0.2, 0) is 20.0 Å². The van der Waals surface area contributed by atoms with Gasteiger partial charge in [-0.1, -0.05) is 6.07 Å². The number of likely N-dealkylation sites (N-methyl/N-ethyl adjacent to an activating group) is 1. The molecular weight excluding hydrogens is 426 g/mol. The molecule has 1 fully saturated rings. The summed E-state index contributed by atoms with van der Waals surface area (Å²) in [5, 5.41) is 4.33. The second-order valence-electron chi connectivity index (χ2n) is 8.89. The van der Waals surface area contributed by atoms with Crippen molar-refractivity contribution in [2.45, 2.75) is 38.8 Å². The molecule has 0 aliphatic carbocycles. The fourth-order valence-electron chi connectivity index (χ4n) is 4.69. The van der Waals surface area contributed by atoms with Crippen LogP contribution in [0, 0.1) is 24.5 Å². The van der Waals surface area contributed by atoms with E-state index in [4.69, 9.17) is 4.42 Å². The van der Waals surface area contributed by atoms with Crippen molar-refractivity contribution in [3.05, 3.63) is 77.0 Å². The van der Waals surface area contributed by atoms with E-state index in [9.17, 15) is 13.6 Å². The molecular formula is C25H30F2N4O2. The summed E-state index contributed by atoms with van der Waals surface area (Å²) in [6.45, 7) is 4.66. The number of likely N-dealkylation sites (tertiary alicyclic amines) is 1. The van der Waals surface area contributed by atoms with Gasteiger partial charge in [-0.25, -0.2) is 8.78 Å². The highest BCUT2D eigenvalue weighted by Crippen LogP contribution is 2.29. The Bertz CT molecular complexity index is 1090. The molecule has 0 radical (unpaired) electrons. The number of aryl methyl sites for hydroxylation is 1. The molecule has 1 atom stereocenters. The molecule has 1 aliphatic rings. The first-order chi connectivity index (χ1) is 15.8. The monoisotopic (exact) mass is 456 g/mol. The summed E-state index contributed by atoms with van der Waals surface area (Å²) >= 11 is 0. The van der Waals surface area contributed by atoms with Gasteiger partial charge in [0.15, 0.2) is 5.76 Å². The van der Waals surface area contributed by atoms with Gasteiger partial charge < -0.3 is 9.32 Å². The maximum atomic E-state index is 14.5. The molecule has 1 amide bonds. The van der Waals surface area contributed by atoms with Crippen LogP contribution in [-0.4, -0.2) is 51.7 Å². The lowest BCUT2D eigenvalue weighted by Gasteiger charge is -2.40. The molecule has 0 saturated carbocycles. The number of furan rings is 1. The maximum absolute atomic E-state index is 14.5. The van der Waals surface area contributed by atoms with Crippen LogP contribution in [0.15, 0.2) is 47.2 Å². The number of amides is 1. The highest BCUT2D eigenvalue weighted by atomic mass is 19.1. The molecule has 1 aliphatic heterocycles. The number of piperidine rings is 1. The third-order valence-corrected chi connectivity index (χ3v) is 6.90. The van der Waals surface area contributed by atoms with E-state index < -0.39 is 11.6 Å². The van der Waals surface area contributed by atoms with E-state index in [1.165, 1.54) is 24.0 Å². The Balaban J connectivity index is 1.49. The summed E-state index contributed by atoms with van der Waals surface area (Å²) in [5.41, 5.74) is 2.78. The molecule has 3 aromatic rings. The van der Waals surface area contributed by atoms with E-state index in [2.05, 4.69) is 16.9 Å². The van der Waals surface area contributed by atoms with Crippen LogP contribution in [0.25, 0.3) is 0 Å². The van der Waals surface area contributed by atoms with Crippen molar-refractivity contribution in [3.63, 3.8) is 0 Å². The van der Waals surface area contributed by atoms with Gasteiger partial charge in [0.2, 0.25) is 0 Å². The van der Waals surface area contributed by atoms with Crippen molar-refractivity contribution < 1.29 is 18.0 Å². The van der Waals surface area contributed by atoms with Crippen LogP contribution in [0.2, 0.25) is 0 Å². The summed E-state index contributed by atoms with van der Waals surface area (Å²) in [6, 6.07) is 6.72. The number of hydrogen-bond donors (Lipinski definition) is 0. The normalized spacial score (nSPS) is 16.2.